The maximum absolute atomic E-state index is 11.5. The van der Waals surface area contributed by atoms with Gasteiger partial charge in [-0.3, -0.25) is 9.79 Å². The zero-order valence-electron chi connectivity index (χ0n) is 25.0. The molecule has 229 valence electrons. The van der Waals surface area contributed by atoms with E-state index >= 15 is 0 Å². The molecule has 0 saturated heterocycles. The van der Waals surface area contributed by atoms with Gasteiger partial charge in [-0.05, 0) is 0 Å². The SMILES string of the molecule is CC1=[C-]C(=O)c2ccccc2C1=O.Cc1[c-]c(O)c2ccccc2c1O.Cc1[c-]c(O)c2ccccc2c1OP(=O)(O)O.[Y].[Y].[Y]. The number of allylic oxidation sites excluding steroid dienone is 2. The van der Waals surface area contributed by atoms with Gasteiger partial charge in [0.15, 0.2) is 0 Å². The summed E-state index contributed by atoms with van der Waals surface area (Å²) in [4.78, 5) is 40.5. The monoisotopic (exact) mass is 864 g/mol. The smallest absolute Gasteiger partial charge is 0.512 e. The van der Waals surface area contributed by atoms with Gasteiger partial charge in [-0.25, -0.2) is 4.57 Å². The Morgan fingerprint density at radius 1 is 0.630 bits per heavy atom. The van der Waals surface area contributed by atoms with E-state index in [2.05, 4.69) is 22.7 Å². The van der Waals surface area contributed by atoms with E-state index in [1.54, 1.807) is 81.4 Å². The van der Waals surface area contributed by atoms with Gasteiger partial charge in [-0.15, -0.1) is 53.1 Å². The number of benzene rings is 5. The van der Waals surface area contributed by atoms with Gasteiger partial charge in [0.25, 0.3) is 0 Å². The second kappa shape index (κ2) is 18.2. The van der Waals surface area contributed by atoms with Crippen LogP contribution in [0.1, 0.15) is 38.8 Å². The average Bonchev–Trinajstić information content (AvgIpc) is 2.97. The van der Waals surface area contributed by atoms with Crippen LogP contribution < -0.4 is 4.52 Å². The largest absolute Gasteiger partial charge is 0.565 e. The molecule has 0 amide bonds. The molecule has 0 aromatic heterocycles. The molecule has 0 heterocycles. The van der Waals surface area contributed by atoms with E-state index in [1.807, 2.05) is 12.1 Å². The number of phenolic OH excluding ortho intramolecular Hbond substituents is 3. The third-order valence-electron chi connectivity index (χ3n) is 6.44. The summed E-state index contributed by atoms with van der Waals surface area (Å²) in [5.41, 5.74) is 2.24. The van der Waals surface area contributed by atoms with Crippen molar-refractivity contribution < 1.29 is 142 Å². The first-order chi connectivity index (χ1) is 20.3. The number of rotatable bonds is 2. The van der Waals surface area contributed by atoms with Crippen LogP contribution in [0.15, 0.2) is 78.4 Å². The average molecular weight is 864 g/mol. The summed E-state index contributed by atoms with van der Waals surface area (Å²) in [6.07, 6.45) is 2.51. The van der Waals surface area contributed by atoms with Crippen molar-refractivity contribution >= 4 is 40.9 Å². The molecule has 0 saturated carbocycles. The first kappa shape index (κ1) is 42.4. The van der Waals surface area contributed by atoms with Crippen LogP contribution in [0.4, 0.5) is 0 Å². The van der Waals surface area contributed by atoms with E-state index in [-0.39, 0.29) is 133 Å². The maximum atomic E-state index is 11.5. The minimum absolute atomic E-state index is 0. The third-order valence-corrected chi connectivity index (χ3v) is 6.86. The molecule has 1 aliphatic rings. The first-order valence-electron chi connectivity index (χ1n) is 12.8. The number of phosphoric ester groups is 1. The van der Waals surface area contributed by atoms with Crippen LogP contribution in [-0.2, 0) is 103 Å². The van der Waals surface area contributed by atoms with Gasteiger partial charge in [0, 0.05) is 121 Å². The summed E-state index contributed by atoms with van der Waals surface area (Å²) in [5.74, 6) is -0.0647. The summed E-state index contributed by atoms with van der Waals surface area (Å²) in [7, 11) is -4.64. The van der Waals surface area contributed by atoms with Crippen molar-refractivity contribution in [1.29, 1.82) is 0 Å². The molecule has 0 aliphatic heterocycles. The molecule has 13 heteroatoms. The Morgan fingerprint density at radius 2 is 1.07 bits per heavy atom. The van der Waals surface area contributed by atoms with E-state index in [4.69, 9.17) is 9.79 Å². The summed E-state index contributed by atoms with van der Waals surface area (Å²) in [5, 5.41) is 31.0. The Bertz CT molecular complexity index is 1970. The van der Waals surface area contributed by atoms with Gasteiger partial charge in [0.2, 0.25) is 0 Å². The Labute approximate surface area is 341 Å². The first-order valence-corrected chi connectivity index (χ1v) is 14.3. The Kier molecular flexibility index (Phi) is 16.8. The predicted octanol–water partition coefficient (Wildman–Crippen LogP) is 6.29. The van der Waals surface area contributed by atoms with Crippen LogP contribution in [-0.4, -0.2) is 36.7 Å². The van der Waals surface area contributed by atoms with Crippen LogP contribution in [0.2, 0.25) is 0 Å². The fraction of sp³-hybridized carbons (Fsp3) is 0.0909. The molecule has 46 heavy (non-hydrogen) atoms. The number of phosphoric acid groups is 1. The van der Waals surface area contributed by atoms with E-state index in [0.29, 0.717) is 49.4 Å². The molecule has 1 aliphatic carbocycles. The number of aryl methyl sites for hydroxylation is 2. The van der Waals surface area contributed by atoms with E-state index in [1.165, 1.54) is 0 Å². The van der Waals surface area contributed by atoms with Gasteiger partial charge >= 0.3 is 7.82 Å². The summed E-state index contributed by atoms with van der Waals surface area (Å²) < 4.78 is 15.5. The van der Waals surface area contributed by atoms with E-state index in [0.717, 1.165) is 0 Å². The normalized spacial score (nSPS) is 11.6. The molecule has 5 aromatic rings. The summed E-state index contributed by atoms with van der Waals surface area (Å²) in [6, 6.07) is 25.9. The van der Waals surface area contributed by atoms with Crippen molar-refractivity contribution in [2.75, 3.05) is 0 Å². The number of phenols is 3. The van der Waals surface area contributed by atoms with Crippen LogP contribution in [0.25, 0.3) is 21.5 Å². The van der Waals surface area contributed by atoms with Gasteiger partial charge in [-0.1, -0.05) is 108 Å². The molecule has 5 aromatic carbocycles. The number of carbonyl (C=O) groups excluding carboxylic acids is 2. The fourth-order valence-electron chi connectivity index (χ4n) is 4.41. The third kappa shape index (κ3) is 10.2. The quantitative estimate of drug-likeness (QED) is 0.0781. The zero-order valence-corrected chi connectivity index (χ0v) is 34.4. The van der Waals surface area contributed by atoms with Crippen molar-refractivity contribution in [2.45, 2.75) is 20.8 Å². The molecule has 3 radical (unpaired) electrons. The second-order valence-corrected chi connectivity index (χ2v) is 10.7. The molecular weight excluding hydrogens is 838 g/mol. The van der Waals surface area contributed by atoms with E-state index < -0.39 is 7.82 Å². The number of fused-ring (bicyclic) bond motifs is 3. The van der Waals surface area contributed by atoms with Crippen molar-refractivity contribution in [3.8, 4) is 23.0 Å². The van der Waals surface area contributed by atoms with Gasteiger partial charge in [0.1, 0.15) is 0 Å². The number of carbonyl (C=O) groups is 2. The van der Waals surface area contributed by atoms with Crippen LogP contribution >= 0.6 is 7.82 Å². The van der Waals surface area contributed by atoms with Gasteiger partial charge in [-0.2, -0.15) is 0 Å². The molecular formula is C33H26O9PY3-3. The van der Waals surface area contributed by atoms with Gasteiger partial charge in [0.05, 0.1) is 11.6 Å². The van der Waals surface area contributed by atoms with Crippen LogP contribution in [0.5, 0.6) is 23.0 Å². The second-order valence-electron chi connectivity index (χ2n) is 9.50. The molecule has 0 fully saturated rings. The van der Waals surface area contributed by atoms with Crippen molar-refractivity contribution in [3.05, 3.63) is 119 Å². The number of ketones is 2. The van der Waals surface area contributed by atoms with E-state index in [9.17, 15) is 29.5 Å². The van der Waals surface area contributed by atoms with Gasteiger partial charge < -0.3 is 29.4 Å². The Balaban J connectivity index is 0.000000338. The zero-order chi connectivity index (χ0) is 31.5. The van der Waals surface area contributed by atoms with Crippen molar-refractivity contribution in [3.63, 3.8) is 0 Å². The number of Topliss-reactive ketones (excluding diaryl/α,β-unsaturated/α-hetero) is 2. The van der Waals surface area contributed by atoms with Crippen molar-refractivity contribution in [1.82, 2.24) is 0 Å². The van der Waals surface area contributed by atoms with Crippen molar-refractivity contribution in [2.24, 2.45) is 0 Å². The minimum atomic E-state index is -4.64. The number of aromatic hydroxyl groups is 3. The molecule has 9 nitrogen and oxygen atoms in total. The predicted molar refractivity (Wildman–Crippen MR) is 160 cm³/mol. The van der Waals surface area contributed by atoms with Crippen LogP contribution in [0.3, 0.4) is 0 Å². The molecule has 0 atom stereocenters. The molecule has 0 bridgehead atoms. The molecule has 5 N–H and O–H groups in total. The fourth-order valence-corrected chi connectivity index (χ4v) is 4.88. The Hall–Kier alpha value is -1.64. The Morgan fingerprint density at radius 3 is 1.61 bits per heavy atom. The number of hydrogen-bond donors (Lipinski definition) is 5. The topological polar surface area (TPSA) is 162 Å². The summed E-state index contributed by atoms with van der Waals surface area (Å²) >= 11 is 0. The molecule has 0 unspecified atom stereocenters. The maximum Gasteiger partial charge on any atom is 0.512 e. The summed E-state index contributed by atoms with van der Waals surface area (Å²) in [6.45, 7) is 4.87. The van der Waals surface area contributed by atoms with Crippen LogP contribution in [0, 0.1) is 32.1 Å². The number of hydrogen-bond acceptors (Lipinski definition) is 7. The minimum Gasteiger partial charge on any atom is -0.565 e. The molecule has 6 rings (SSSR count). The standard InChI is InChI=1S/C11H10O5P.C11H9O2.C11H7O2.3Y/c1-7-6-10(12)8-4-2-3-5-9(8)11(7)16-17(13,14)15;2*1-7-6-10(12)8-4-2-3-5-9(8)11(7)13;;;/h2-5,12H,1H3,(H2,13,14,15);2-5,12-13H,1H3;2-5H,1H3;;;/q3*-1;;;. The molecule has 0 spiro atoms.